The van der Waals surface area contributed by atoms with E-state index >= 15 is 0 Å². The van der Waals surface area contributed by atoms with Gasteiger partial charge in [-0.1, -0.05) is 27.7 Å². The van der Waals surface area contributed by atoms with E-state index in [2.05, 4.69) is 16.9 Å². The van der Waals surface area contributed by atoms with Crippen molar-refractivity contribution < 1.29 is 0 Å². The fourth-order valence-electron chi connectivity index (χ4n) is 1.49. The molecule has 3 nitrogen and oxygen atoms in total. The highest BCUT2D eigenvalue weighted by molar-refractivity contribution is 6.01. The summed E-state index contributed by atoms with van der Waals surface area (Å²) in [6.07, 6.45) is 1.02. The van der Waals surface area contributed by atoms with Gasteiger partial charge in [-0.15, -0.1) is 0 Å². The van der Waals surface area contributed by atoms with Gasteiger partial charge in [0.25, 0.3) is 0 Å². The minimum Gasteiger partial charge on any atom is -0.402 e. The Morgan fingerprint density at radius 2 is 1.75 bits per heavy atom. The van der Waals surface area contributed by atoms with E-state index in [-0.39, 0.29) is 0 Å². The first-order valence-corrected chi connectivity index (χ1v) is 6.25. The van der Waals surface area contributed by atoms with Gasteiger partial charge in [0.05, 0.1) is 0 Å². The first-order valence-electron chi connectivity index (χ1n) is 6.25. The van der Waals surface area contributed by atoms with Crippen LogP contribution in [0.4, 0.5) is 0 Å². The lowest BCUT2D eigenvalue weighted by Gasteiger charge is -2.26. The van der Waals surface area contributed by atoms with Gasteiger partial charge in [-0.05, 0) is 14.0 Å². The van der Waals surface area contributed by atoms with E-state index in [1.165, 1.54) is 11.3 Å². The van der Waals surface area contributed by atoms with Gasteiger partial charge >= 0.3 is 0 Å². The average molecular weight is 227 g/mol. The van der Waals surface area contributed by atoms with Crippen molar-refractivity contribution in [2.24, 2.45) is 10.7 Å². The van der Waals surface area contributed by atoms with Crippen molar-refractivity contribution in [1.82, 2.24) is 4.90 Å². The Labute approximate surface area is 101 Å². The number of likely N-dealkylation sites (N-methyl/N-ethyl adjacent to an activating group) is 1. The molecule has 0 aromatic rings. The molecule has 0 unspecified atom stereocenters. The first kappa shape index (κ1) is 17.6. The molecule has 0 aromatic heterocycles. The smallest absolute Gasteiger partial charge is 0.0419 e. The molecule has 1 aliphatic heterocycles. The molecule has 0 spiro atoms. The van der Waals surface area contributed by atoms with Crippen molar-refractivity contribution in [3.63, 3.8) is 0 Å². The van der Waals surface area contributed by atoms with E-state index in [1.807, 2.05) is 41.7 Å². The Balaban J connectivity index is 0. The molecule has 3 heteroatoms. The molecule has 1 aliphatic rings. The second-order valence-electron chi connectivity index (χ2n) is 3.32. The van der Waals surface area contributed by atoms with Crippen LogP contribution in [0, 0.1) is 0 Å². The SMILES string of the molecule is CC.CC.CN=C1CCN(C)C/C1=C(\C)N. The van der Waals surface area contributed by atoms with Crippen molar-refractivity contribution in [1.29, 1.82) is 0 Å². The number of aliphatic imine (C=N–C) groups is 1. The maximum atomic E-state index is 5.77. The molecule has 0 aromatic carbocycles. The largest absolute Gasteiger partial charge is 0.402 e. The zero-order valence-corrected chi connectivity index (χ0v) is 12.1. The zero-order valence-electron chi connectivity index (χ0n) is 12.1. The van der Waals surface area contributed by atoms with Crippen LogP contribution in [0.1, 0.15) is 41.0 Å². The number of likely N-dealkylation sites (tertiary alicyclic amines) is 1. The maximum absolute atomic E-state index is 5.77. The van der Waals surface area contributed by atoms with E-state index in [0.717, 1.165) is 25.2 Å². The van der Waals surface area contributed by atoms with Crippen LogP contribution in [0.25, 0.3) is 0 Å². The molecular weight excluding hydrogens is 198 g/mol. The van der Waals surface area contributed by atoms with Crippen LogP contribution in [-0.4, -0.2) is 37.8 Å². The molecule has 1 fully saturated rings. The third kappa shape index (κ3) is 5.91. The highest BCUT2D eigenvalue weighted by Crippen LogP contribution is 2.13. The number of hydrogen-bond donors (Lipinski definition) is 1. The van der Waals surface area contributed by atoms with Crippen molar-refractivity contribution in [3.8, 4) is 0 Å². The highest BCUT2D eigenvalue weighted by Gasteiger charge is 2.17. The zero-order chi connectivity index (χ0) is 13.1. The molecular formula is C13H29N3. The Bertz CT molecular complexity index is 225. The van der Waals surface area contributed by atoms with Crippen LogP contribution in [0.5, 0.6) is 0 Å². The number of allylic oxidation sites excluding steroid dienone is 1. The summed E-state index contributed by atoms with van der Waals surface area (Å²) < 4.78 is 0. The second kappa shape index (κ2) is 10.7. The average Bonchev–Trinajstić information content (AvgIpc) is 2.34. The molecule has 0 amide bonds. The maximum Gasteiger partial charge on any atom is 0.0419 e. The van der Waals surface area contributed by atoms with E-state index < -0.39 is 0 Å². The van der Waals surface area contributed by atoms with E-state index in [4.69, 9.17) is 5.73 Å². The van der Waals surface area contributed by atoms with Crippen LogP contribution < -0.4 is 5.73 Å². The van der Waals surface area contributed by atoms with Crippen LogP contribution in [0.3, 0.4) is 0 Å². The number of nitrogens with zero attached hydrogens (tertiary/aromatic N) is 2. The van der Waals surface area contributed by atoms with Gasteiger partial charge in [-0.25, -0.2) is 0 Å². The lowest BCUT2D eigenvalue weighted by atomic mass is 10.0. The van der Waals surface area contributed by atoms with Gasteiger partial charge in [0.2, 0.25) is 0 Å². The molecule has 0 atom stereocenters. The van der Waals surface area contributed by atoms with Crippen LogP contribution in [-0.2, 0) is 0 Å². The summed E-state index contributed by atoms with van der Waals surface area (Å²) in [6.45, 7) is 12.0. The molecule has 1 heterocycles. The number of rotatable bonds is 0. The molecule has 0 radical (unpaired) electrons. The molecule has 1 saturated heterocycles. The van der Waals surface area contributed by atoms with E-state index in [1.54, 1.807) is 0 Å². The Morgan fingerprint density at radius 1 is 1.25 bits per heavy atom. The van der Waals surface area contributed by atoms with Gasteiger partial charge in [0.15, 0.2) is 0 Å². The quantitative estimate of drug-likeness (QED) is 0.691. The molecule has 0 bridgehead atoms. The highest BCUT2D eigenvalue weighted by atomic mass is 15.1. The first-order chi connectivity index (χ1) is 7.65. The Morgan fingerprint density at radius 3 is 2.12 bits per heavy atom. The molecule has 2 N–H and O–H groups in total. The van der Waals surface area contributed by atoms with Crippen molar-refractivity contribution in [2.45, 2.75) is 41.0 Å². The summed E-state index contributed by atoms with van der Waals surface area (Å²) in [4.78, 5) is 6.50. The van der Waals surface area contributed by atoms with Crippen LogP contribution in [0.15, 0.2) is 16.3 Å². The number of nitrogens with two attached hydrogens (primary N) is 1. The topological polar surface area (TPSA) is 41.6 Å². The lowest BCUT2D eigenvalue weighted by molar-refractivity contribution is 0.363. The van der Waals surface area contributed by atoms with Gasteiger partial charge < -0.3 is 10.6 Å². The molecule has 96 valence electrons. The summed E-state index contributed by atoms with van der Waals surface area (Å²) >= 11 is 0. The van der Waals surface area contributed by atoms with Gasteiger partial charge in [-0.2, -0.15) is 0 Å². The van der Waals surface area contributed by atoms with E-state index in [0.29, 0.717) is 0 Å². The third-order valence-electron chi connectivity index (χ3n) is 2.25. The van der Waals surface area contributed by atoms with Crippen LogP contribution in [0.2, 0.25) is 0 Å². The summed E-state index contributed by atoms with van der Waals surface area (Å²) in [7, 11) is 3.94. The Hall–Kier alpha value is -0.830. The van der Waals surface area contributed by atoms with E-state index in [9.17, 15) is 0 Å². The molecule has 1 rings (SSSR count). The van der Waals surface area contributed by atoms with Crippen molar-refractivity contribution in [2.75, 3.05) is 27.2 Å². The lowest BCUT2D eigenvalue weighted by Crippen LogP contribution is -2.34. The van der Waals surface area contributed by atoms with Gasteiger partial charge in [0.1, 0.15) is 0 Å². The monoisotopic (exact) mass is 227 g/mol. The van der Waals surface area contributed by atoms with Gasteiger partial charge in [-0.3, -0.25) is 4.99 Å². The van der Waals surface area contributed by atoms with Gasteiger partial charge in [0, 0.05) is 43.5 Å². The summed E-state index contributed by atoms with van der Waals surface area (Å²) in [5.41, 5.74) is 9.06. The standard InChI is InChI=1S/C9H17N3.2C2H6/c1-7(10)8-6-12(3)5-4-9(8)11-2;2*1-2/h4-6,10H2,1-3H3;2*1-2H3/b8-7-,11-9?;;. The molecule has 0 saturated carbocycles. The minimum atomic E-state index is 0.905. The molecule has 16 heavy (non-hydrogen) atoms. The summed E-state index contributed by atoms with van der Waals surface area (Å²) in [5, 5.41) is 0. The number of piperidine rings is 1. The minimum absolute atomic E-state index is 0.905. The third-order valence-corrected chi connectivity index (χ3v) is 2.25. The van der Waals surface area contributed by atoms with Crippen molar-refractivity contribution in [3.05, 3.63) is 11.3 Å². The predicted octanol–water partition coefficient (Wildman–Crippen LogP) is 2.68. The predicted molar refractivity (Wildman–Crippen MR) is 75.1 cm³/mol. The van der Waals surface area contributed by atoms with Crippen LogP contribution >= 0.6 is 0 Å². The number of hydrogen-bond acceptors (Lipinski definition) is 3. The normalized spacial score (nSPS) is 21.6. The fraction of sp³-hybridized carbons (Fsp3) is 0.769. The molecule has 0 aliphatic carbocycles. The van der Waals surface area contributed by atoms with Crippen molar-refractivity contribution >= 4 is 5.71 Å². The summed E-state index contributed by atoms with van der Waals surface area (Å²) in [6, 6.07) is 0. The fourth-order valence-corrected chi connectivity index (χ4v) is 1.49. The summed E-state index contributed by atoms with van der Waals surface area (Å²) in [5.74, 6) is 0. The Kier molecular flexibility index (Phi) is 11.7. The second-order valence-corrected chi connectivity index (χ2v) is 3.32.